The molecule has 0 bridgehead atoms. The molecule has 20 heavy (non-hydrogen) atoms. The molecule has 2 saturated heterocycles. The van der Waals surface area contributed by atoms with E-state index in [1.807, 2.05) is 0 Å². The summed E-state index contributed by atoms with van der Waals surface area (Å²) < 4.78 is 37.4. The normalized spacial score (nSPS) is 27.4. The van der Waals surface area contributed by atoms with Crippen LogP contribution in [0.1, 0.15) is 31.2 Å². The molecule has 1 aromatic heterocycles. The van der Waals surface area contributed by atoms with Gasteiger partial charge in [-0.05, 0) is 44.4 Å². The number of halogens is 3. The highest BCUT2D eigenvalue weighted by Crippen LogP contribution is 2.30. The summed E-state index contributed by atoms with van der Waals surface area (Å²) in [5.74, 6) is 0.537. The third-order valence-corrected chi connectivity index (χ3v) is 4.26. The maximum atomic E-state index is 12.5. The SMILES string of the molecule is FC(F)(F)c1ccc(NC2CCN3CCCC3C2)nc1. The van der Waals surface area contributed by atoms with Crippen molar-refractivity contribution in [2.45, 2.75) is 43.9 Å². The predicted molar refractivity (Wildman–Crippen MR) is 70.5 cm³/mol. The van der Waals surface area contributed by atoms with Gasteiger partial charge in [-0.2, -0.15) is 13.2 Å². The van der Waals surface area contributed by atoms with E-state index in [1.165, 1.54) is 25.5 Å². The Hall–Kier alpha value is -1.30. The smallest absolute Gasteiger partial charge is 0.367 e. The molecule has 0 aromatic carbocycles. The first kappa shape index (κ1) is 13.7. The fraction of sp³-hybridized carbons (Fsp3) is 0.643. The quantitative estimate of drug-likeness (QED) is 0.905. The number of hydrogen-bond acceptors (Lipinski definition) is 3. The van der Waals surface area contributed by atoms with Crippen LogP contribution in [0, 0.1) is 0 Å². The molecule has 2 aliphatic heterocycles. The first-order chi connectivity index (χ1) is 9.52. The van der Waals surface area contributed by atoms with E-state index in [1.54, 1.807) is 0 Å². The van der Waals surface area contributed by atoms with E-state index in [-0.39, 0.29) is 0 Å². The molecule has 0 spiro atoms. The minimum absolute atomic E-state index is 0.318. The Kier molecular flexibility index (Phi) is 3.58. The van der Waals surface area contributed by atoms with Crippen molar-refractivity contribution in [1.29, 1.82) is 0 Å². The zero-order chi connectivity index (χ0) is 14.2. The zero-order valence-electron chi connectivity index (χ0n) is 11.2. The van der Waals surface area contributed by atoms with Crippen molar-refractivity contribution < 1.29 is 13.2 Å². The number of rotatable bonds is 2. The van der Waals surface area contributed by atoms with Crippen LogP contribution in [-0.2, 0) is 6.18 Å². The van der Waals surface area contributed by atoms with Gasteiger partial charge in [0.1, 0.15) is 5.82 Å². The molecule has 3 rings (SSSR count). The number of nitrogens with one attached hydrogen (secondary N) is 1. The van der Waals surface area contributed by atoms with E-state index >= 15 is 0 Å². The van der Waals surface area contributed by atoms with Gasteiger partial charge in [0.15, 0.2) is 0 Å². The lowest BCUT2D eigenvalue weighted by Crippen LogP contribution is -2.42. The summed E-state index contributed by atoms with van der Waals surface area (Å²) in [5, 5.41) is 3.27. The summed E-state index contributed by atoms with van der Waals surface area (Å²) in [6.45, 7) is 2.26. The van der Waals surface area contributed by atoms with Crippen LogP contribution >= 0.6 is 0 Å². The number of aromatic nitrogens is 1. The molecule has 3 heterocycles. The van der Waals surface area contributed by atoms with Crippen LogP contribution in [0.25, 0.3) is 0 Å². The molecule has 6 heteroatoms. The van der Waals surface area contributed by atoms with Crippen LogP contribution in [0.15, 0.2) is 18.3 Å². The average Bonchev–Trinajstić information content (AvgIpc) is 2.86. The van der Waals surface area contributed by atoms with Crippen LogP contribution < -0.4 is 5.32 Å². The van der Waals surface area contributed by atoms with Gasteiger partial charge >= 0.3 is 6.18 Å². The monoisotopic (exact) mass is 285 g/mol. The van der Waals surface area contributed by atoms with Gasteiger partial charge in [-0.25, -0.2) is 4.98 Å². The Balaban J connectivity index is 1.60. The highest BCUT2D eigenvalue weighted by Gasteiger charge is 2.32. The summed E-state index contributed by atoms with van der Waals surface area (Å²) in [4.78, 5) is 6.39. The van der Waals surface area contributed by atoms with Crippen LogP contribution in [-0.4, -0.2) is 35.1 Å². The minimum Gasteiger partial charge on any atom is -0.367 e. The largest absolute Gasteiger partial charge is 0.417 e. The Bertz CT molecular complexity index is 458. The van der Waals surface area contributed by atoms with Gasteiger partial charge in [-0.3, -0.25) is 0 Å². The number of alkyl halides is 3. The lowest BCUT2D eigenvalue weighted by atomic mass is 9.97. The molecule has 110 valence electrons. The molecule has 2 aliphatic rings. The van der Waals surface area contributed by atoms with Crippen molar-refractivity contribution in [1.82, 2.24) is 9.88 Å². The van der Waals surface area contributed by atoms with Gasteiger partial charge in [0.05, 0.1) is 5.56 Å². The van der Waals surface area contributed by atoms with Crippen molar-refractivity contribution in [3.05, 3.63) is 23.9 Å². The first-order valence-electron chi connectivity index (χ1n) is 7.06. The topological polar surface area (TPSA) is 28.2 Å². The number of pyridine rings is 1. The van der Waals surface area contributed by atoms with Crippen LogP contribution in [0.2, 0.25) is 0 Å². The van der Waals surface area contributed by atoms with Crippen LogP contribution in [0.3, 0.4) is 0 Å². The molecular formula is C14H18F3N3. The Morgan fingerprint density at radius 3 is 2.75 bits per heavy atom. The van der Waals surface area contributed by atoms with E-state index in [0.29, 0.717) is 17.9 Å². The molecule has 0 radical (unpaired) electrons. The van der Waals surface area contributed by atoms with Gasteiger partial charge in [0, 0.05) is 24.8 Å². The standard InChI is InChI=1S/C14H18F3N3/c15-14(16,17)10-3-4-13(18-9-10)19-11-5-7-20-6-1-2-12(20)8-11/h3-4,9,11-12H,1-2,5-8H2,(H,18,19). The van der Waals surface area contributed by atoms with Crippen molar-refractivity contribution >= 4 is 5.82 Å². The summed E-state index contributed by atoms with van der Waals surface area (Å²) in [6, 6.07) is 3.46. The summed E-state index contributed by atoms with van der Waals surface area (Å²) >= 11 is 0. The number of nitrogens with zero attached hydrogens (tertiary/aromatic N) is 2. The van der Waals surface area contributed by atoms with Crippen LogP contribution in [0.5, 0.6) is 0 Å². The van der Waals surface area contributed by atoms with Gasteiger partial charge in [-0.15, -0.1) is 0 Å². The number of piperidine rings is 1. The van der Waals surface area contributed by atoms with E-state index in [9.17, 15) is 13.2 Å². The maximum absolute atomic E-state index is 12.5. The third kappa shape index (κ3) is 2.90. The van der Waals surface area contributed by atoms with Gasteiger partial charge < -0.3 is 10.2 Å². The van der Waals surface area contributed by atoms with E-state index in [2.05, 4.69) is 15.2 Å². The fourth-order valence-corrected chi connectivity index (χ4v) is 3.21. The number of anilines is 1. The van der Waals surface area contributed by atoms with Crippen molar-refractivity contribution in [2.75, 3.05) is 18.4 Å². The summed E-state index contributed by atoms with van der Waals surface area (Å²) in [6.07, 6.45) is 1.16. The fourth-order valence-electron chi connectivity index (χ4n) is 3.21. The van der Waals surface area contributed by atoms with Gasteiger partial charge in [-0.1, -0.05) is 0 Å². The summed E-state index contributed by atoms with van der Waals surface area (Å²) in [5.41, 5.74) is -0.700. The van der Waals surface area contributed by atoms with E-state index < -0.39 is 11.7 Å². The molecule has 1 N–H and O–H groups in total. The summed E-state index contributed by atoms with van der Waals surface area (Å²) in [7, 11) is 0. The molecule has 2 atom stereocenters. The molecule has 2 unspecified atom stereocenters. The van der Waals surface area contributed by atoms with Crippen molar-refractivity contribution in [3.8, 4) is 0 Å². The molecule has 3 nitrogen and oxygen atoms in total. The Labute approximate surface area is 116 Å². The number of hydrogen-bond donors (Lipinski definition) is 1. The second-order valence-corrected chi connectivity index (χ2v) is 5.63. The minimum atomic E-state index is -4.32. The number of fused-ring (bicyclic) bond motifs is 1. The average molecular weight is 285 g/mol. The van der Waals surface area contributed by atoms with E-state index in [4.69, 9.17) is 0 Å². The second kappa shape index (κ2) is 5.24. The van der Waals surface area contributed by atoms with Crippen molar-refractivity contribution in [3.63, 3.8) is 0 Å². The Morgan fingerprint density at radius 1 is 1.20 bits per heavy atom. The molecular weight excluding hydrogens is 267 g/mol. The highest BCUT2D eigenvalue weighted by atomic mass is 19.4. The first-order valence-corrected chi connectivity index (χ1v) is 7.06. The molecule has 1 aromatic rings. The molecule has 0 amide bonds. The Morgan fingerprint density at radius 2 is 2.05 bits per heavy atom. The third-order valence-electron chi connectivity index (χ3n) is 4.26. The van der Waals surface area contributed by atoms with Crippen LogP contribution in [0.4, 0.5) is 19.0 Å². The molecule has 0 saturated carbocycles. The lowest BCUT2D eigenvalue weighted by Gasteiger charge is -2.35. The molecule has 0 aliphatic carbocycles. The molecule has 2 fully saturated rings. The van der Waals surface area contributed by atoms with Crippen molar-refractivity contribution in [2.24, 2.45) is 0 Å². The van der Waals surface area contributed by atoms with E-state index in [0.717, 1.165) is 31.6 Å². The second-order valence-electron chi connectivity index (χ2n) is 5.63. The predicted octanol–water partition coefficient (Wildman–Crippen LogP) is 3.14. The lowest BCUT2D eigenvalue weighted by molar-refractivity contribution is -0.137. The highest BCUT2D eigenvalue weighted by molar-refractivity contribution is 5.37. The zero-order valence-corrected chi connectivity index (χ0v) is 11.2. The van der Waals surface area contributed by atoms with Gasteiger partial charge in [0.2, 0.25) is 0 Å². The maximum Gasteiger partial charge on any atom is 0.417 e. The van der Waals surface area contributed by atoms with Gasteiger partial charge in [0.25, 0.3) is 0 Å².